The van der Waals surface area contributed by atoms with Gasteiger partial charge in [0.25, 0.3) is 0 Å². The van der Waals surface area contributed by atoms with Crippen LogP contribution in [-0.4, -0.2) is 36.5 Å². The lowest BCUT2D eigenvalue weighted by Crippen LogP contribution is -2.32. The third-order valence-electron chi connectivity index (χ3n) is 3.27. The first-order valence-corrected chi connectivity index (χ1v) is 6.31. The van der Waals surface area contributed by atoms with Crippen LogP contribution in [0.3, 0.4) is 0 Å². The molecule has 1 amide bonds. The molecular weight excluding hydrogens is 244 g/mol. The van der Waals surface area contributed by atoms with Crippen LogP contribution in [0.1, 0.15) is 25.1 Å². The lowest BCUT2D eigenvalue weighted by Gasteiger charge is -2.24. The number of methoxy groups -OCH3 is 1. The fraction of sp³-hybridized carbons (Fsp3) is 0.429. The van der Waals surface area contributed by atoms with Crippen LogP contribution in [0.25, 0.3) is 0 Å². The molecule has 2 unspecified atom stereocenters. The Morgan fingerprint density at radius 1 is 1.37 bits per heavy atom. The van der Waals surface area contributed by atoms with Gasteiger partial charge >= 0.3 is 5.97 Å². The molecule has 0 spiro atoms. The average molecular weight is 262 g/mol. The van der Waals surface area contributed by atoms with Crippen LogP contribution >= 0.6 is 0 Å². The van der Waals surface area contributed by atoms with Gasteiger partial charge in [0, 0.05) is 6.54 Å². The average Bonchev–Trinajstić information content (AvgIpc) is 2.73. The maximum Gasteiger partial charge on any atom is 0.307 e. The Labute approximate surface area is 112 Å². The molecule has 19 heavy (non-hydrogen) atoms. The van der Waals surface area contributed by atoms with Crippen molar-refractivity contribution in [1.82, 2.24) is 10.2 Å². The topological polar surface area (TPSA) is 58.6 Å². The highest BCUT2D eigenvalue weighted by Gasteiger charge is 2.36. The Bertz CT molecular complexity index is 461. The Hall–Kier alpha value is -1.88. The van der Waals surface area contributed by atoms with Crippen molar-refractivity contribution < 1.29 is 14.3 Å². The molecule has 5 nitrogen and oxygen atoms in total. The van der Waals surface area contributed by atoms with Crippen molar-refractivity contribution in [3.63, 3.8) is 0 Å². The quantitative estimate of drug-likeness (QED) is 0.825. The summed E-state index contributed by atoms with van der Waals surface area (Å²) in [5.74, 6) is -0.295. The predicted octanol–water partition coefficient (Wildman–Crippen LogP) is 1.07. The van der Waals surface area contributed by atoms with E-state index >= 15 is 0 Å². The van der Waals surface area contributed by atoms with Crippen LogP contribution in [0.4, 0.5) is 0 Å². The summed E-state index contributed by atoms with van der Waals surface area (Å²) in [6.45, 7) is 2.19. The molecule has 0 bridgehead atoms. The van der Waals surface area contributed by atoms with Crippen LogP contribution in [-0.2, 0) is 14.3 Å². The molecule has 1 saturated heterocycles. The molecule has 0 aromatic heterocycles. The second-order valence-electron chi connectivity index (χ2n) is 4.56. The Kier molecular flexibility index (Phi) is 4.16. The van der Waals surface area contributed by atoms with E-state index < -0.39 is 0 Å². The third-order valence-corrected chi connectivity index (χ3v) is 3.27. The highest BCUT2D eigenvalue weighted by molar-refractivity contribution is 5.84. The second-order valence-corrected chi connectivity index (χ2v) is 4.56. The molecule has 5 heteroatoms. The van der Waals surface area contributed by atoms with E-state index in [0.717, 1.165) is 5.56 Å². The summed E-state index contributed by atoms with van der Waals surface area (Å²) in [4.78, 5) is 25.0. The first-order chi connectivity index (χ1) is 9.13. The van der Waals surface area contributed by atoms with Gasteiger partial charge in [-0.1, -0.05) is 30.3 Å². The van der Waals surface area contributed by atoms with E-state index in [1.807, 2.05) is 37.3 Å². The number of nitrogens with one attached hydrogen (secondary N) is 1. The lowest BCUT2D eigenvalue weighted by atomic mass is 10.1. The van der Waals surface area contributed by atoms with E-state index in [2.05, 4.69) is 10.1 Å². The van der Waals surface area contributed by atoms with Gasteiger partial charge in [0.05, 0.1) is 19.6 Å². The maximum absolute atomic E-state index is 12.1. The zero-order valence-corrected chi connectivity index (χ0v) is 11.1. The minimum Gasteiger partial charge on any atom is -0.469 e. The maximum atomic E-state index is 12.1. The van der Waals surface area contributed by atoms with Gasteiger partial charge < -0.3 is 9.64 Å². The van der Waals surface area contributed by atoms with Gasteiger partial charge in [0.1, 0.15) is 6.17 Å². The Balaban J connectivity index is 2.12. The number of hydrogen-bond acceptors (Lipinski definition) is 4. The standard InChI is InChI=1S/C14H18N2O3/c1-10-14(18)16(9-8-12(17)19-2)13(15-10)11-6-4-3-5-7-11/h3-7,10,13,15H,8-9H2,1-2H3. The van der Waals surface area contributed by atoms with Crippen molar-refractivity contribution in [1.29, 1.82) is 0 Å². The largest absolute Gasteiger partial charge is 0.469 e. The molecule has 2 rings (SSSR count). The summed E-state index contributed by atoms with van der Waals surface area (Å²) in [7, 11) is 1.35. The zero-order valence-electron chi connectivity index (χ0n) is 11.1. The number of nitrogens with zero attached hydrogens (tertiary/aromatic N) is 1. The van der Waals surface area contributed by atoms with Crippen molar-refractivity contribution in [3.8, 4) is 0 Å². The molecule has 1 heterocycles. The van der Waals surface area contributed by atoms with Crippen LogP contribution in [0.15, 0.2) is 30.3 Å². The number of benzene rings is 1. The van der Waals surface area contributed by atoms with E-state index in [4.69, 9.17) is 0 Å². The molecule has 0 saturated carbocycles. The molecule has 1 aromatic rings. The first kappa shape index (κ1) is 13.5. The highest BCUT2D eigenvalue weighted by Crippen LogP contribution is 2.25. The number of carbonyl (C=O) groups excluding carboxylic acids is 2. The molecule has 0 aliphatic carbocycles. The summed E-state index contributed by atoms with van der Waals surface area (Å²) in [5.41, 5.74) is 1.02. The van der Waals surface area contributed by atoms with Crippen molar-refractivity contribution in [2.45, 2.75) is 25.6 Å². The van der Waals surface area contributed by atoms with Crippen LogP contribution < -0.4 is 5.32 Å². The number of amides is 1. The van der Waals surface area contributed by atoms with Crippen molar-refractivity contribution in [2.24, 2.45) is 0 Å². The van der Waals surface area contributed by atoms with Gasteiger partial charge in [-0.2, -0.15) is 0 Å². The van der Waals surface area contributed by atoms with E-state index in [1.165, 1.54) is 7.11 Å². The lowest BCUT2D eigenvalue weighted by molar-refractivity contribution is -0.141. The smallest absolute Gasteiger partial charge is 0.307 e. The van der Waals surface area contributed by atoms with Crippen LogP contribution in [0.2, 0.25) is 0 Å². The zero-order chi connectivity index (χ0) is 13.8. The fourth-order valence-electron chi connectivity index (χ4n) is 2.24. The Morgan fingerprint density at radius 2 is 2.05 bits per heavy atom. The van der Waals surface area contributed by atoms with E-state index in [-0.39, 0.29) is 30.5 Å². The van der Waals surface area contributed by atoms with E-state index in [1.54, 1.807) is 4.90 Å². The molecule has 1 aromatic carbocycles. The summed E-state index contributed by atoms with van der Waals surface area (Å²) in [6.07, 6.45) is 0.0355. The molecule has 1 N–H and O–H groups in total. The monoisotopic (exact) mass is 262 g/mol. The summed E-state index contributed by atoms with van der Waals surface area (Å²) in [5, 5.41) is 3.24. The molecule has 0 radical (unpaired) electrons. The van der Waals surface area contributed by atoms with Crippen molar-refractivity contribution in [2.75, 3.05) is 13.7 Å². The third kappa shape index (κ3) is 2.93. The number of ether oxygens (including phenoxy) is 1. The summed E-state index contributed by atoms with van der Waals surface area (Å²) in [6, 6.07) is 9.50. The molecule has 1 fully saturated rings. The van der Waals surface area contributed by atoms with Crippen molar-refractivity contribution in [3.05, 3.63) is 35.9 Å². The van der Waals surface area contributed by atoms with Gasteiger partial charge in [0.15, 0.2) is 0 Å². The normalized spacial score (nSPS) is 22.6. The van der Waals surface area contributed by atoms with Gasteiger partial charge in [-0.3, -0.25) is 14.9 Å². The molecule has 2 atom stereocenters. The van der Waals surface area contributed by atoms with Crippen LogP contribution in [0.5, 0.6) is 0 Å². The van der Waals surface area contributed by atoms with Gasteiger partial charge in [-0.25, -0.2) is 0 Å². The van der Waals surface area contributed by atoms with Gasteiger partial charge in [0.2, 0.25) is 5.91 Å². The molecule has 1 aliphatic heterocycles. The minimum absolute atomic E-state index is 0.0118. The number of esters is 1. The summed E-state index contributed by atoms with van der Waals surface area (Å²) < 4.78 is 4.62. The highest BCUT2D eigenvalue weighted by atomic mass is 16.5. The number of carbonyl (C=O) groups is 2. The number of hydrogen-bond donors (Lipinski definition) is 1. The summed E-state index contributed by atoms with van der Waals surface area (Å²) >= 11 is 0. The number of rotatable bonds is 4. The first-order valence-electron chi connectivity index (χ1n) is 6.31. The van der Waals surface area contributed by atoms with Crippen molar-refractivity contribution >= 4 is 11.9 Å². The molecule has 102 valence electrons. The predicted molar refractivity (Wildman–Crippen MR) is 70.1 cm³/mol. The van der Waals surface area contributed by atoms with Gasteiger partial charge in [-0.05, 0) is 12.5 Å². The van der Waals surface area contributed by atoms with Gasteiger partial charge in [-0.15, -0.1) is 0 Å². The molecular formula is C14H18N2O3. The second kappa shape index (κ2) is 5.84. The minimum atomic E-state index is -0.306. The van der Waals surface area contributed by atoms with E-state index in [9.17, 15) is 9.59 Å². The molecule has 1 aliphatic rings. The Morgan fingerprint density at radius 3 is 2.68 bits per heavy atom. The van der Waals surface area contributed by atoms with Crippen LogP contribution in [0, 0.1) is 0 Å². The fourth-order valence-corrected chi connectivity index (χ4v) is 2.24. The van der Waals surface area contributed by atoms with E-state index in [0.29, 0.717) is 6.54 Å². The SMILES string of the molecule is COC(=O)CCN1C(=O)C(C)NC1c1ccccc1.